The highest BCUT2D eigenvalue weighted by molar-refractivity contribution is 9.10. The molecule has 1 aromatic heterocycles. The molecule has 9 heteroatoms. The van der Waals surface area contributed by atoms with Gasteiger partial charge < -0.3 is 5.11 Å². The van der Waals surface area contributed by atoms with Gasteiger partial charge in [-0.1, -0.05) is 6.07 Å². The number of aromatic hydroxyl groups is 1. The van der Waals surface area contributed by atoms with Crippen molar-refractivity contribution < 1.29 is 13.5 Å². The van der Waals surface area contributed by atoms with Crippen LogP contribution in [0.25, 0.3) is 0 Å². The molecule has 0 saturated heterocycles. The normalized spacial score (nSPS) is 11.6. The Bertz CT molecular complexity index is 1060. The molecule has 1 heterocycles. The van der Waals surface area contributed by atoms with Crippen LogP contribution >= 0.6 is 15.9 Å². The summed E-state index contributed by atoms with van der Waals surface area (Å²) in [4.78, 5) is 4.04. The Morgan fingerprint density at radius 1 is 1.04 bits per heavy atom. The van der Waals surface area contributed by atoms with Crippen molar-refractivity contribution in [3.8, 4) is 5.75 Å². The van der Waals surface area contributed by atoms with E-state index in [0.29, 0.717) is 21.4 Å². The first-order valence-corrected chi connectivity index (χ1v) is 10.1. The lowest BCUT2D eigenvalue weighted by atomic mass is 10.2. The lowest BCUT2D eigenvalue weighted by molar-refractivity contribution is 0.468. The molecule has 2 aromatic carbocycles. The average Bonchev–Trinajstić information content (AvgIpc) is 2.65. The summed E-state index contributed by atoms with van der Waals surface area (Å²) in [6.45, 7) is 1.76. The second-order valence-corrected chi connectivity index (χ2v) is 8.14. The largest absolute Gasteiger partial charge is 0.506 e. The number of halogens is 1. The molecule has 0 bridgehead atoms. The number of phenolic OH excluding ortho intramolecular Hbond substituents is 1. The predicted molar refractivity (Wildman–Crippen MR) is 106 cm³/mol. The molecule has 138 valence electrons. The van der Waals surface area contributed by atoms with Crippen LogP contribution in [0.2, 0.25) is 0 Å². The maximum atomic E-state index is 12.4. The molecule has 2 N–H and O–H groups in total. The third kappa shape index (κ3) is 4.69. The van der Waals surface area contributed by atoms with Crippen molar-refractivity contribution >= 4 is 43.1 Å². The minimum atomic E-state index is -3.73. The van der Waals surface area contributed by atoms with Crippen molar-refractivity contribution in [2.75, 3.05) is 4.72 Å². The Morgan fingerprint density at radius 2 is 1.74 bits per heavy atom. The third-order valence-electron chi connectivity index (χ3n) is 3.57. The van der Waals surface area contributed by atoms with E-state index < -0.39 is 10.0 Å². The second kappa shape index (κ2) is 7.85. The summed E-state index contributed by atoms with van der Waals surface area (Å²) in [6, 6.07) is 14.3. The van der Waals surface area contributed by atoms with E-state index in [1.165, 1.54) is 18.3 Å². The topological polar surface area (TPSA) is 104 Å². The zero-order valence-electron chi connectivity index (χ0n) is 14.2. The number of aromatic nitrogens is 1. The molecule has 0 spiro atoms. The number of pyridine rings is 1. The highest BCUT2D eigenvalue weighted by atomic mass is 79.9. The number of benzene rings is 2. The molecule has 0 aliphatic rings. The summed E-state index contributed by atoms with van der Waals surface area (Å²) in [6.07, 6.45) is 1.50. The van der Waals surface area contributed by atoms with Crippen LogP contribution in [-0.2, 0) is 10.0 Å². The summed E-state index contributed by atoms with van der Waals surface area (Å²) in [5.74, 6) is 0.401. The van der Waals surface area contributed by atoms with Crippen LogP contribution in [0.5, 0.6) is 5.75 Å². The fourth-order valence-corrected chi connectivity index (χ4v) is 3.76. The molecule has 27 heavy (non-hydrogen) atoms. The maximum absolute atomic E-state index is 12.4. The van der Waals surface area contributed by atoms with Crippen molar-refractivity contribution in [3.63, 3.8) is 0 Å². The van der Waals surface area contributed by atoms with Gasteiger partial charge in [0.1, 0.15) is 11.6 Å². The smallest absolute Gasteiger partial charge is 0.263 e. The number of nitrogens with zero attached hydrogens (tertiary/aromatic N) is 3. The number of phenols is 1. The molecule has 7 nitrogen and oxygen atoms in total. The molecule has 0 saturated carbocycles. The van der Waals surface area contributed by atoms with Gasteiger partial charge in [0, 0.05) is 6.20 Å². The first kappa shape index (κ1) is 19.0. The quantitative estimate of drug-likeness (QED) is 0.533. The standard InChI is InChI=1S/C18H15BrN4O3S/c1-12-10-14(11-16(19)18(12)24)22-21-13-5-7-15(8-6-13)27(25,26)23-17-4-2-3-9-20-17/h2-11,24H,1H3,(H,20,23)/b22-21+. The summed E-state index contributed by atoms with van der Waals surface area (Å²) in [5, 5.41) is 17.9. The van der Waals surface area contributed by atoms with Crippen LogP contribution in [0.15, 0.2) is 80.4 Å². The number of anilines is 1. The second-order valence-electron chi connectivity index (χ2n) is 5.61. The Morgan fingerprint density at radius 3 is 2.37 bits per heavy atom. The predicted octanol–water partition coefficient (Wildman–Crippen LogP) is 5.07. The van der Waals surface area contributed by atoms with Crippen LogP contribution in [0, 0.1) is 6.92 Å². The van der Waals surface area contributed by atoms with Gasteiger partial charge in [0.05, 0.1) is 20.7 Å². The van der Waals surface area contributed by atoms with E-state index in [1.807, 2.05) is 0 Å². The minimum absolute atomic E-state index is 0.0929. The molecule has 3 rings (SSSR count). The van der Waals surface area contributed by atoms with E-state index in [1.54, 1.807) is 49.4 Å². The van der Waals surface area contributed by atoms with E-state index in [4.69, 9.17) is 0 Å². The molecular formula is C18H15BrN4O3S. The average molecular weight is 447 g/mol. The van der Waals surface area contributed by atoms with Gasteiger partial charge in [-0.2, -0.15) is 10.2 Å². The molecule has 0 aliphatic carbocycles. The molecule has 3 aromatic rings. The zero-order chi connectivity index (χ0) is 19.4. The van der Waals surface area contributed by atoms with E-state index in [2.05, 4.69) is 35.9 Å². The number of aryl methyl sites for hydroxylation is 1. The van der Waals surface area contributed by atoms with Crippen molar-refractivity contribution in [2.45, 2.75) is 11.8 Å². The van der Waals surface area contributed by atoms with Crippen LogP contribution < -0.4 is 4.72 Å². The molecule has 0 radical (unpaired) electrons. The van der Waals surface area contributed by atoms with Gasteiger partial charge in [0.15, 0.2) is 0 Å². The number of azo groups is 1. The van der Waals surface area contributed by atoms with Crippen LogP contribution in [-0.4, -0.2) is 18.5 Å². The van der Waals surface area contributed by atoms with Gasteiger partial charge >= 0.3 is 0 Å². The summed E-state index contributed by atoms with van der Waals surface area (Å²) >= 11 is 3.25. The number of hydrogen-bond acceptors (Lipinski definition) is 6. The summed E-state index contributed by atoms with van der Waals surface area (Å²) in [7, 11) is -3.73. The van der Waals surface area contributed by atoms with E-state index in [9.17, 15) is 13.5 Å². The van der Waals surface area contributed by atoms with E-state index in [0.717, 1.165) is 0 Å². The number of rotatable bonds is 5. The monoisotopic (exact) mass is 446 g/mol. The number of nitrogens with one attached hydrogen (secondary N) is 1. The van der Waals surface area contributed by atoms with Gasteiger partial charge in [0.2, 0.25) is 0 Å². The van der Waals surface area contributed by atoms with Gasteiger partial charge in [0.25, 0.3) is 10.0 Å². The van der Waals surface area contributed by atoms with Crippen LogP contribution in [0.1, 0.15) is 5.56 Å². The maximum Gasteiger partial charge on any atom is 0.263 e. The van der Waals surface area contributed by atoms with E-state index >= 15 is 0 Å². The van der Waals surface area contributed by atoms with Gasteiger partial charge in [-0.15, -0.1) is 0 Å². The molecule has 0 atom stereocenters. The fraction of sp³-hybridized carbons (Fsp3) is 0.0556. The van der Waals surface area contributed by atoms with Gasteiger partial charge in [-0.3, -0.25) is 4.72 Å². The third-order valence-corrected chi connectivity index (χ3v) is 5.55. The molecule has 0 unspecified atom stereocenters. The van der Waals surface area contributed by atoms with Gasteiger partial charge in [-0.05, 0) is 76.9 Å². The minimum Gasteiger partial charge on any atom is -0.506 e. The molecule has 0 amide bonds. The Labute approximate surface area is 165 Å². The zero-order valence-corrected chi connectivity index (χ0v) is 16.6. The first-order valence-electron chi connectivity index (χ1n) is 7.80. The van der Waals surface area contributed by atoms with Crippen molar-refractivity contribution in [1.82, 2.24) is 4.98 Å². The Balaban J connectivity index is 1.77. The van der Waals surface area contributed by atoms with Crippen LogP contribution in [0.4, 0.5) is 17.2 Å². The van der Waals surface area contributed by atoms with E-state index in [-0.39, 0.29) is 16.5 Å². The summed E-state index contributed by atoms with van der Waals surface area (Å²) in [5.41, 5.74) is 1.72. The van der Waals surface area contributed by atoms with Gasteiger partial charge in [-0.25, -0.2) is 13.4 Å². The number of hydrogen-bond donors (Lipinski definition) is 2. The molecular weight excluding hydrogens is 432 g/mol. The van der Waals surface area contributed by atoms with Crippen molar-refractivity contribution in [3.05, 3.63) is 70.8 Å². The molecule has 0 fully saturated rings. The van der Waals surface area contributed by atoms with Crippen molar-refractivity contribution in [1.29, 1.82) is 0 Å². The number of sulfonamides is 1. The Kier molecular flexibility index (Phi) is 5.52. The fourth-order valence-electron chi connectivity index (χ4n) is 2.20. The molecule has 0 aliphatic heterocycles. The lowest BCUT2D eigenvalue weighted by Crippen LogP contribution is -2.13. The summed E-state index contributed by atoms with van der Waals surface area (Å²) < 4.78 is 27.7. The highest BCUT2D eigenvalue weighted by Gasteiger charge is 2.14. The SMILES string of the molecule is Cc1cc(/N=N/c2ccc(S(=O)(=O)Nc3ccccn3)cc2)cc(Br)c1O. The van der Waals surface area contributed by atoms with Crippen molar-refractivity contribution in [2.24, 2.45) is 10.2 Å². The van der Waals surface area contributed by atoms with Crippen LogP contribution in [0.3, 0.4) is 0 Å². The lowest BCUT2D eigenvalue weighted by Gasteiger charge is -2.07. The highest BCUT2D eigenvalue weighted by Crippen LogP contribution is 2.33. The first-order chi connectivity index (χ1) is 12.8. The Hall–Kier alpha value is -2.78.